The number of fused-ring (bicyclic) bond motifs is 1. The highest BCUT2D eigenvalue weighted by Crippen LogP contribution is 2.37. The molecule has 0 aromatic heterocycles. The number of aromatic hydroxyl groups is 1. The molecule has 0 radical (unpaired) electrons. The molecule has 0 fully saturated rings. The number of carbonyl (C=O) groups excluding carboxylic acids is 1. The molecule has 3 rings (SSSR count). The van der Waals surface area contributed by atoms with Gasteiger partial charge in [0.15, 0.2) is 17.4 Å². The summed E-state index contributed by atoms with van der Waals surface area (Å²) in [6, 6.07) is 7.88. The minimum atomic E-state index is -1.01. The Morgan fingerprint density at radius 2 is 2.00 bits per heavy atom. The number of halogens is 2. The number of Topliss-reactive ketones (excluding diaryl/α,β-unsaturated/α-hetero) is 1. The molecule has 0 amide bonds. The monoisotopic (exact) mass is 276 g/mol. The summed E-state index contributed by atoms with van der Waals surface area (Å²) in [5.41, 5.74) is 0.259. The Morgan fingerprint density at radius 1 is 1.20 bits per heavy atom. The SMILES string of the molecule is O=C1CC(c2cccc(F)c2F)Oc2ccc(O)cc21. The maximum atomic E-state index is 13.7. The normalized spacial score (nSPS) is 17.5. The third-order valence-electron chi connectivity index (χ3n) is 3.23. The predicted molar refractivity (Wildman–Crippen MR) is 66.8 cm³/mol. The minimum Gasteiger partial charge on any atom is -0.508 e. The summed E-state index contributed by atoms with van der Waals surface area (Å²) in [4.78, 5) is 12.0. The van der Waals surface area contributed by atoms with E-state index in [4.69, 9.17) is 4.74 Å². The summed E-state index contributed by atoms with van der Waals surface area (Å²) in [6.07, 6.45) is -0.966. The number of rotatable bonds is 1. The molecular formula is C15H10F2O3. The molecule has 102 valence electrons. The maximum Gasteiger partial charge on any atom is 0.170 e. The van der Waals surface area contributed by atoms with Crippen LogP contribution in [-0.2, 0) is 0 Å². The van der Waals surface area contributed by atoms with E-state index in [0.717, 1.165) is 6.07 Å². The van der Waals surface area contributed by atoms with Gasteiger partial charge in [-0.3, -0.25) is 4.79 Å². The van der Waals surface area contributed by atoms with Crippen molar-refractivity contribution in [3.05, 3.63) is 59.2 Å². The highest BCUT2D eigenvalue weighted by Gasteiger charge is 2.30. The van der Waals surface area contributed by atoms with Gasteiger partial charge < -0.3 is 9.84 Å². The Hall–Kier alpha value is -2.43. The van der Waals surface area contributed by atoms with E-state index in [0.29, 0.717) is 0 Å². The Kier molecular flexibility index (Phi) is 2.89. The number of phenols is 1. The molecule has 1 N–H and O–H groups in total. The fraction of sp³-hybridized carbons (Fsp3) is 0.133. The first-order valence-electron chi connectivity index (χ1n) is 6.03. The van der Waals surface area contributed by atoms with Crippen LogP contribution >= 0.6 is 0 Å². The molecule has 0 spiro atoms. The largest absolute Gasteiger partial charge is 0.508 e. The number of hydrogen-bond donors (Lipinski definition) is 1. The molecular weight excluding hydrogens is 266 g/mol. The Balaban J connectivity index is 2.01. The third-order valence-corrected chi connectivity index (χ3v) is 3.23. The first-order valence-corrected chi connectivity index (χ1v) is 6.03. The van der Waals surface area contributed by atoms with Crippen LogP contribution in [0.3, 0.4) is 0 Å². The molecule has 2 aromatic carbocycles. The van der Waals surface area contributed by atoms with E-state index >= 15 is 0 Å². The van der Waals surface area contributed by atoms with Gasteiger partial charge in [0, 0.05) is 5.56 Å². The van der Waals surface area contributed by atoms with E-state index in [9.17, 15) is 18.7 Å². The van der Waals surface area contributed by atoms with E-state index < -0.39 is 17.7 Å². The van der Waals surface area contributed by atoms with Crippen molar-refractivity contribution in [3.63, 3.8) is 0 Å². The van der Waals surface area contributed by atoms with E-state index in [1.54, 1.807) is 0 Å². The van der Waals surface area contributed by atoms with Gasteiger partial charge in [0.25, 0.3) is 0 Å². The third kappa shape index (κ3) is 2.01. The lowest BCUT2D eigenvalue weighted by Gasteiger charge is -2.25. The molecule has 1 unspecified atom stereocenters. The van der Waals surface area contributed by atoms with Crippen LogP contribution in [0.25, 0.3) is 0 Å². The van der Waals surface area contributed by atoms with Gasteiger partial charge in [-0.15, -0.1) is 0 Å². The summed E-state index contributed by atoms with van der Waals surface area (Å²) in [5, 5.41) is 9.35. The second-order valence-corrected chi connectivity index (χ2v) is 4.56. The van der Waals surface area contributed by atoms with Crippen LogP contribution in [0, 0.1) is 11.6 Å². The van der Waals surface area contributed by atoms with Crippen LogP contribution in [0.2, 0.25) is 0 Å². The van der Waals surface area contributed by atoms with Crippen molar-refractivity contribution in [2.75, 3.05) is 0 Å². The standard InChI is InChI=1S/C15H10F2O3/c16-11-3-1-2-9(15(11)17)14-7-12(19)10-6-8(18)4-5-13(10)20-14/h1-6,14,18H,7H2. The molecule has 5 heteroatoms. The van der Waals surface area contributed by atoms with E-state index in [1.165, 1.54) is 30.3 Å². The smallest absolute Gasteiger partial charge is 0.170 e. The van der Waals surface area contributed by atoms with Crippen LogP contribution in [0.1, 0.15) is 28.4 Å². The topological polar surface area (TPSA) is 46.5 Å². The molecule has 3 nitrogen and oxygen atoms in total. The first-order chi connectivity index (χ1) is 9.56. The van der Waals surface area contributed by atoms with E-state index in [2.05, 4.69) is 0 Å². The second-order valence-electron chi connectivity index (χ2n) is 4.56. The van der Waals surface area contributed by atoms with Crippen LogP contribution in [0.15, 0.2) is 36.4 Å². The highest BCUT2D eigenvalue weighted by molar-refractivity contribution is 6.00. The van der Waals surface area contributed by atoms with Crippen molar-refractivity contribution < 1.29 is 23.4 Å². The number of carbonyl (C=O) groups is 1. The summed E-state index contributed by atoms with van der Waals surface area (Å²) >= 11 is 0. The molecule has 0 bridgehead atoms. The molecule has 0 aliphatic carbocycles. The zero-order valence-electron chi connectivity index (χ0n) is 10.3. The Labute approximate surface area is 113 Å². The summed E-state index contributed by atoms with van der Waals surface area (Å²) in [6.45, 7) is 0. The van der Waals surface area contributed by atoms with Crippen molar-refractivity contribution in [2.24, 2.45) is 0 Å². The molecule has 2 aromatic rings. The lowest BCUT2D eigenvalue weighted by Crippen LogP contribution is -2.21. The average molecular weight is 276 g/mol. The Morgan fingerprint density at radius 3 is 2.80 bits per heavy atom. The number of ether oxygens (including phenoxy) is 1. The predicted octanol–water partition coefficient (Wildman–Crippen LogP) is 3.38. The van der Waals surface area contributed by atoms with Crippen LogP contribution in [0.5, 0.6) is 11.5 Å². The fourth-order valence-electron chi connectivity index (χ4n) is 2.25. The number of ketones is 1. The minimum absolute atomic E-state index is 0.0112. The molecule has 1 aliphatic rings. The molecule has 1 aliphatic heterocycles. The van der Waals surface area contributed by atoms with Gasteiger partial charge in [0.05, 0.1) is 12.0 Å². The molecule has 1 atom stereocenters. The second kappa shape index (κ2) is 4.59. The summed E-state index contributed by atoms with van der Waals surface area (Å²) in [5.74, 6) is -2.05. The van der Waals surface area contributed by atoms with Crippen molar-refractivity contribution >= 4 is 5.78 Å². The number of phenolic OH excluding ortho intramolecular Hbond substituents is 1. The van der Waals surface area contributed by atoms with Crippen LogP contribution in [0.4, 0.5) is 8.78 Å². The maximum absolute atomic E-state index is 13.7. The van der Waals surface area contributed by atoms with Crippen molar-refractivity contribution in [1.82, 2.24) is 0 Å². The molecule has 0 saturated heterocycles. The van der Waals surface area contributed by atoms with Gasteiger partial charge in [0.1, 0.15) is 17.6 Å². The average Bonchev–Trinajstić information content (AvgIpc) is 2.42. The van der Waals surface area contributed by atoms with Crippen LogP contribution in [-0.4, -0.2) is 10.9 Å². The molecule has 1 heterocycles. The van der Waals surface area contributed by atoms with E-state index in [-0.39, 0.29) is 34.8 Å². The molecule has 0 saturated carbocycles. The zero-order chi connectivity index (χ0) is 14.3. The highest BCUT2D eigenvalue weighted by atomic mass is 19.2. The van der Waals surface area contributed by atoms with Crippen LogP contribution < -0.4 is 4.74 Å². The summed E-state index contributed by atoms with van der Waals surface area (Å²) in [7, 11) is 0. The van der Waals surface area contributed by atoms with Gasteiger partial charge in [-0.1, -0.05) is 12.1 Å². The number of benzene rings is 2. The Bertz CT molecular complexity index is 698. The summed E-state index contributed by atoms with van der Waals surface area (Å²) < 4.78 is 32.5. The zero-order valence-corrected chi connectivity index (χ0v) is 10.3. The first kappa shape index (κ1) is 12.6. The quantitative estimate of drug-likeness (QED) is 0.868. The lowest BCUT2D eigenvalue weighted by molar-refractivity contribution is 0.0844. The lowest BCUT2D eigenvalue weighted by atomic mass is 9.96. The van der Waals surface area contributed by atoms with Gasteiger partial charge in [-0.05, 0) is 24.3 Å². The van der Waals surface area contributed by atoms with E-state index in [1.807, 2.05) is 0 Å². The number of hydrogen-bond acceptors (Lipinski definition) is 3. The molecule has 20 heavy (non-hydrogen) atoms. The van der Waals surface area contributed by atoms with Crippen molar-refractivity contribution in [3.8, 4) is 11.5 Å². The van der Waals surface area contributed by atoms with Gasteiger partial charge in [-0.2, -0.15) is 0 Å². The van der Waals surface area contributed by atoms with Gasteiger partial charge in [-0.25, -0.2) is 8.78 Å². The fourth-order valence-corrected chi connectivity index (χ4v) is 2.25. The van der Waals surface area contributed by atoms with Crippen molar-refractivity contribution in [1.29, 1.82) is 0 Å². The van der Waals surface area contributed by atoms with Gasteiger partial charge in [0.2, 0.25) is 0 Å². The van der Waals surface area contributed by atoms with Gasteiger partial charge >= 0.3 is 0 Å². The van der Waals surface area contributed by atoms with Crippen molar-refractivity contribution in [2.45, 2.75) is 12.5 Å².